The molecule has 0 spiro atoms. The number of ether oxygens (including phenoxy) is 3. The number of carbonyl (C=O) groups excluding carboxylic acids is 1. The van der Waals surface area contributed by atoms with Crippen molar-refractivity contribution in [1.82, 2.24) is 4.57 Å². The van der Waals surface area contributed by atoms with E-state index in [0.29, 0.717) is 15.1 Å². The molecule has 0 saturated carbocycles. The molecule has 0 amide bonds. The normalized spacial score (nSPS) is 16.1. The lowest BCUT2D eigenvalue weighted by atomic mass is 9.83. The van der Waals surface area contributed by atoms with E-state index in [4.69, 9.17) is 14.5 Å². The van der Waals surface area contributed by atoms with Crippen LogP contribution in [0.4, 0.5) is 0 Å². The van der Waals surface area contributed by atoms with E-state index in [1.165, 1.54) is 24.0 Å². The van der Waals surface area contributed by atoms with Gasteiger partial charge in [0.2, 0.25) is 0 Å². The molecule has 196 valence electrons. The van der Waals surface area contributed by atoms with Gasteiger partial charge in [-0.2, -0.15) is 0 Å². The van der Waals surface area contributed by atoms with Gasteiger partial charge in [0.05, 0.1) is 30.5 Å². The van der Waals surface area contributed by atoms with Gasteiger partial charge in [0, 0.05) is 5.56 Å². The molecule has 0 radical (unpaired) electrons. The third-order valence-electron chi connectivity index (χ3n) is 7.04. The third kappa shape index (κ3) is 4.68. The Morgan fingerprint density at radius 1 is 1.03 bits per heavy atom. The summed E-state index contributed by atoms with van der Waals surface area (Å²) < 4.78 is 18.0. The number of aromatic nitrogens is 1. The molecule has 0 N–H and O–H groups in total. The maximum absolute atomic E-state index is 13.9. The van der Waals surface area contributed by atoms with Gasteiger partial charge in [0.15, 0.2) is 11.4 Å². The van der Waals surface area contributed by atoms with Gasteiger partial charge < -0.3 is 14.2 Å². The molecule has 39 heavy (non-hydrogen) atoms. The van der Waals surface area contributed by atoms with E-state index in [9.17, 15) is 9.59 Å². The fourth-order valence-electron chi connectivity index (χ4n) is 5.16. The molecule has 0 bridgehead atoms. The van der Waals surface area contributed by atoms with Crippen LogP contribution < -0.4 is 24.4 Å². The predicted molar refractivity (Wildman–Crippen MR) is 150 cm³/mol. The molecule has 2 aliphatic rings. The van der Waals surface area contributed by atoms with Crippen molar-refractivity contribution in [3.05, 3.63) is 120 Å². The number of allylic oxidation sites excluding steroid dienone is 1. The van der Waals surface area contributed by atoms with Crippen molar-refractivity contribution in [1.29, 1.82) is 0 Å². The molecule has 0 saturated heterocycles. The molecule has 7 nitrogen and oxygen atoms in total. The lowest BCUT2D eigenvalue weighted by Gasteiger charge is -2.30. The molecule has 0 fully saturated rings. The number of carbonyl (C=O) groups is 1. The van der Waals surface area contributed by atoms with Crippen molar-refractivity contribution in [2.75, 3.05) is 20.8 Å². The zero-order chi connectivity index (χ0) is 26.9. The van der Waals surface area contributed by atoms with Crippen LogP contribution >= 0.6 is 11.3 Å². The summed E-state index contributed by atoms with van der Waals surface area (Å²) in [6.07, 6.45) is 3.58. The van der Waals surface area contributed by atoms with Crippen molar-refractivity contribution < 1.29 is 19.0 Å². The molecule has 4 aromatic rings. The highest BCUT2D eigenvalue weighted by atomic mass is 32.1. The molecular formula is C31H26N2O5S. The van der Waals surface area contributed by atoms with Crippen LogP contribution in [-0.2, 0) is 16.0 Å². The quantitative estimate of drug-likeness (QED) is 0.348. The first-order valence-corrected chi connectivity index (χ1v) is 13.4. The lowest BCUT2D eigenvalue weighted by molar-refractivity contribution is -0.142. The summed E-state index contributed by atoms with van der Waals surface area (Å²) in [5.74, 6) is 0.826. The van der Waals surface area contributed by atoms with E-state index >= 15 is 0 Å². The van der Waals surface area contributed by atoms with Gasteiger partial charge in [0.25, 0.3) is 5.56 Å². The number of benzene rings is 3. The number of nitrogens with zero attached hydrogens (tertiary/aromatic N) is 2. The Kier molecular flexibility index (Phi) is 6.62. The summed E-state index contributed by atoms with van der Waals surface area (Å²) >= 11 is 1.38. The average Bonchev–Trinajstić information content (AvgIpc) is 3.29. The fraction of sp³-hybridized carbons (Fsp3) is 0.194. The van der Waals surface area contributed by atoms with Crippen molar-refractivity contribution in [2.24, 2.45) is 4.99 Å². The highest BCUT2D eigenvalue weighted by Crippen LogP contribution is 2.41. The van der Waals surface area contributed by atoms with Gasteiger partial charge in [-0.15, -0.1) is 0 Å². The first kappa shape index (κ1) is 24.9. The molecular weight excluding hydrogens is 512 g/mol. The Morgan fingerprint density at radius 2 is 1.85 bits per heavy atom. The van der Waals surface area contributed by atoms with E-state index in [1.54, 1.807) is 19.2 Å². The first-order valence-electron chi connectivity index (χ1n) is 12.6. The highest BCUT2D eigenvalue weighted by molar-refractivity contribution is 7.07. The predicted octanol–water partition coefficient (Wildman–Crippen LogP) is 3.88. The molecule has 1 aliphatic carbocycles. The Balaban J connectivity index is 1.49. The van der Waals surface area contributed by atoms with Crippen LogP contribution in [0.3, 0.4) is 0 Å². The number of hydrogen-bond acceptors (Lipinski definition) is 7. The second-order valence-electron chi connectivity index (χ2n) is 9.32. The molecule has 8 heteroatoms. The minimum absolute atomic E-state index is 0.0918. The van der Waals surface area contributed by atoms with Gasteiger partial charge in [0.1, 0.15) is 11.5 Å². The maximum atomic E-state index is 13.9. The van der Waals surface area contributed by atoms with E-state index in [0.717, 1.165) is 46.6 Å². The third-order valence-corrected chi connectivity index (χ3v) is 8.03. The van der Waals surface area contributed by atoms with Crippen molar-refractivity contribution in [3.63, 3.8) is 0 Å². The summed E-state index contributed by atoms with van der Waals surface area (Å²) in [7, 11) is 2.96. The van der Waals surface area contributed by atoms with Crippen molar-refractivity contribution in [3.8, 4) is 11.5 Å². The van der Waals surface area contributed by atoms with Gasteiger partial charge in [-0.1, -0.05) is 59.9 Å². The monoisotopic (exact) mass is 538 g/mol. The Labute approximate surface area is 228 Å². The summed E-state index contributed by atoms with van der Waals surface area (Å²) in [6.45, 7) is -0.184. The van der Waals surface area contributed by atoms with E-state index in [2.05, 4.69) is 22.9 Å². The summed E-state index contributed by atoms with van der Waals surface area (Å²) in [6, 6.07) is 23.3. The topological polar surface area (TPSA) is 79.1 Å². The Hall–Kier alpha value is -4.43. The molecule has 1 atom stereocenters. The van der Waals surface area contributed by atoms with Crippen molar-refractivity contribution in [2.45, 2.75) is 18.9 Å². The van der Waals surface area contributed by atoms with E-state index in [-0.39, 0.29) is 18.2 Å². The number of rotatable bonds is 6. The SMILES string of the molecule is COC(=O)COc1cccc(C=c2sc3n(c2=O)C(c2ccc(OC)cc2)C2=C(N=3)c3ccccc3CC2)c1. The number of esters is 1. The van der Waals surface area contributed by atoms with Crippen LogP contribution in [0.2, 0.25) is 0 Å². The summed E-state index contributed by atoms with van der Waals surface area (Å²) in [5, 5.41) is 0. The zero-order valence-corrected chi connectivity index (χ0v) is 22.4. The molecule has 3 aromatic carbocycles. The summed E-state index contributed by atoms with van der Waals surface area (Å²) in [5.41, 5.74) is 6.23. The second-order valence-corrected chi connectivity index (χ2v) is 10.3. The molecule has 1 unspecified atom stereocenters. The standard InChI is InChI=1S/C31H26N2O5S/c1-36-22-13-10-21(11-14-22)29-25-15-12-20-7-3-4-9-24(20)28(25)32-31-33(29)30(35)26(39-31)17-19-6-5-8-23(16-19)38-18-27(34)37-2/h3-11,13-14,16-17,29H,12,15,18H2,1-2H3. The number of fused-ring (bicyclic) bond motifs is 3. The number of thiazole rings is 1. The van der Waals surface area contributed by atoms with E-state index in [1.807, 2.05) is 53.1 Å². The van der Waals surface area contributed by atoms with Gasteiger partial charge in [-0.25, -0.2) is 9.79 Å². The number of aryl methyl sites for hydroxylation is 1. The van der Waals surface area contributed by atoms with Crippen molar-refractivity contribution >= 4 is 29.1 Å². The van der Waals surface area contributed by atoms with Crippen LogP contribution in [0.25, 0.3) is 11.8 Å². The average molecular weight is 539 g/mol. The maximum Gasteiger partial charge on any atom is 0.343 e. The molecule has 1 aromatic heterocycles. The van der Waals surface area contributed by atoms with Crippen LogP contribution in [0, 0.1) is 0 Å². The molecule has 1 aliphatic heterocycles. The minimum Gasteiger partial charge on any atom is -0.497 e. The Bertz CT molecular complexity index is 1780. The van der Waals surface area contributed by atoms with E-state index < -0.39 is 5.97 Å². The second kappa shape index (κ2) is 10.4. The fourth-order valence-corrected chi connectivity index (χ4v) is 6.16. The number of hydrogen-bond donors (Lipinski definition) is 0. The Morgan fingerprint density at radius 3 is 2.64 bits per heavy atom. The largest absolute Gasteiger partial charge is 0.497 e. The van der Waals surface area contributed by atoms with Crippen LogP contribution in [0.1, 0.15) is 34.7 Å². The van der Waals surface area contributed by atoms with Gasteiger partial charge in [-0.3, -0.25) is 9.36 Å². The van der Waals surface area contributed by atoms with Crippen LogP contribution in [-0.4, -0.2) is 31.4 Å². The lowest BCUT2D eigenvalue weighted by Crippen LogP contribution is -2.38. The number of methoxy groups -OCH3 is 2. The van der Waals surface area contributed by atoms with Gasteiger partial charge >= 0.3 is 5.97 Å². The molecule has 2 heterocycles. The van der Waals surface area contributed by atoms with Crippen LogP contribution in [0.5, 0.6) is 11.5 Å². The zero-order valence-electron chi connectivity index (χ0n) is 21.5. The minimum atomic E-state index is -0.460. The smallest absolute Gasteiger partial charge is 0.343 e. The molecule has 6 rings (SSSR count). The highest BCUT2D eigenvalue weighted by Gasteiger charge is 2.32. The summed E-state index contributed by atoms with van der Waals surface area (Å²) in [4.78, 5) is 31.1. The van der Waals surface area contributed by atoms with Crippen LogP contribution in [0.15, 0.2) is 88.2 Å². The first-order chi connectivity index (χ1) is 19.1. The van der Waals surface area contributed by atoms with Gasteiger partial charge in [-0.05, 0) is 65.4 Å².